The van der Waals surface area contributed by atoms with E-state index in [9.17, 15) is 5.26 Å². The van der Waals surface area contributed by atoms with E-state index in [1.54, 1.807) is 6.20 Å². The van der Waals surface area contributed by atoms with Crippen molar-refractivity contribution in [1.82, 2.24) is 4.98 Å². The van der Waals surface area contributed by atoms with E-state index in [4.69, 9.17) is 0 Å². The number of hydrogen-bond acceptors (Lipinski definition) is 2. The van der Waals surface area contributed by atoms with Crippen LogP contribution in [0.5, 0.6) is 0 Å². The Morgan fingerprint density at radius 2 is 1.94 bits per heavy atom. The number of rotatable bonds is 3. The second-order valence-electron chi connectivity index (χ2n) is 3.66. The van der Waals surface area contributed by atoms with Crippen LogP contribution in [0.15, 0.2) is 54.9 Å². The van der Waals surface area contributed by atoms with Crippen molar-refractivity contribution in [1.29, 1.82) is 5.26 Å². The Morgan fingerprint density at radius 1 is 1.12 bits per heavy atom. The van der Waals surface area contributed by atoms with Gasteiger partial charge in [-0.1, -0.05) is 36.4 Å². The SMILES string of the molecule is N#CC(Cc1cccnc1)c1ccccc1. The lowest BCUT2D eigenvalue weighted by Gasteiger charge is -2.08. The molecule has 0 saturated heterocycles. The van der Waals surface area contributed by atoms with Crippen molar-refractivity contribution < 1.29 is 0 Å². The summed E-state index contributed by atoms with van der Waals surface area (Å²) in [7, 11) is 0. The van der Waals surface area contributed by atoms with Gasteiger partial charge in [0.1, 0.15) is 0 Å². The maximum Gasteiger partial charge on any atom is 0.0753 e. The van der Waals surface area contributed by atoms with E-state index in [1.165, 1.54) is 0 Å². The van der Waals surface area contributed by atoms with E-state index >= 15 is 0 Å². The highest BCUT2D eigenvalue weighted by Crippen LogP contribution is 2.19. The van der Waals surface area contributed by atoms with Gasteiger partial charge >= 0.3 is 0 Å². The van der Waals surface area contributed by atoms with Crippen molar-refractivity contribution in [2.75, 3.05) is 0 Å². The molecule has 0 spiro atoms. The van der Waals surface area contributed by atoms with E-state index in [2.05, 4.69) is 11.1 Å². The normalized spacial score (nSPS) is 11.7. The first-order valence-corrected chi connectivity index (χ1v) is 5.23. The van der Waals surface area contributed by atoms with Crippen LogP contribution in [0.3, 0.4) is 0 Å². The molecule has 1 heterocycles. The van der Waals surface area contributed by atoms with Gasteiger partial charge < -0.3 is 0 Å². The second-order valence-corrected chi connectivity index (χ2v) is 3.66. The third kappa shape index (κ3) is 2.46. The van der Waals surface area contributed by atoms with Gasteiger partial charge in [-0.05, 0) is 23.6 Å². The predicted octanol–water partition coefficient (Wildman–Crippen LogP) is 2.93. The first kappa shape index (κ1) is 10.4. The Morgan fingerprint density at radius 3 is 2.56 bits per heavy atom. The fourth-order valence-electron chi connectivity index (χ4n) is 1.68. The molecule has 1 aromatic heterocycles. The van der Waals surface area contributed by atoms with Crippen LogP contribution in [-0.4, -0.2) is 4.98 Å². The molecule has 2 rings (SSSR count). The number of aromatic nitrogens is 1. The average Bonchev–Trinajstić information content (AvgIpc) is 2.38. The summed E-state index contributed by atoms with van der Waals surface area (Å²) in [4.78, 5) is 4.06. The number of hydrogen-bond donors (Lipinski definition) is 0. The van der Waals surface area contributed by atoms with E-state index in [-0.39, 0.29) is 5.92 Å². The molecule has 0 aliphatic heterocycles. The van der Waals surface area contributed by atoms with Crippen molar-refractivity contribution in [3.63, 3.8) is 0 Å². The molecule has 0 N–H and O–H groups in total. The molecule has 1 unspecified atom stereocenters. The lowest BCUT2D eigenvalue weighted by Crippen LogP contribution is -2.00. The quantitative estimate of drug-likeness (QED) is 0.777. The summed E-state index contributed by atoms with van der Waals surface area (Å²) in [5.41, 5.74) is 2.16. The molecule has 2 nitrogen and oxygen atoms in total. The maximum absolute atomic E-state index is 9.17. The number of benzene rings is 1. The van der Waals surface area contributed by atoms with E-state index < -0.39 is 0 Å². The molecule has 0 bridgehead atoms. The third-order valence-electron chi connectivity index (χ3n) is 2.52. The molecule has 0 saturated carbocycles. The first-order chi connectivity index (χ1) is 7.90. The zero-order chi connectivity index (χ0) is 11.2. The van der Waals surface area contributed by atoms with Gasteiger partial charge in [-0.2, -0.15) is 5.26 Å². The highest BCUT2D eigenvalue weighted by molar-refractivity contribution is 5.27. The van der Waals surface area contributed by atoms with Crippen LogP contribution in [0.4, 0.5) is 0 Å². The molecular formula is C14H12N2. The fraction of sp³-hybridized carbons (Fsp3) is 0.143. The van der Waals surface area contributed by atoms with Crippen LogP contribution >= 0.6 is 0 Å². The van der Waals surface area contributed by atoms with Crippen LogP contribution in [0.2, 0.25) is 0 Å². The van der Waals surface area contributed by atoms with Crippen molar-refractivity contribution in [2.45, 2.75) is 12.3 Å². The summed E-state index contributed by atoms with van der Waals surface area (Å²) in [6.07, 6.45) is 4.27. The summed E-state index contributed by atoms with van der Waals surface area (Å²) in [6.45, 7) is 0. The lowest BCUT2D eigenvalue weighted by molar-refractivity contribution is 0.844. The van der Waals surface area contributed by atoms with Gasteiger partial charge in [-0.3, -0.25) is 4.98 Å². The van der Waals surface area contributed by atoms with Gasteiger partial charge in [0.25, 0.3) is 0 Å². The Kier molecular flexibility index (Phi) is 3.30. The molecule has 2 heteroatoms. The summed E-state index contributed by atoms with van der Waals surface area (Å²) >= 11 is 0. The average molecular weight is 208 g/mol. The van der Waals surface area contributed by atoms with Crippen LogP contribution in [-0.2, 0) is 6.42 Å². The molecular weight excluding hydrogens is 196 g/mol. The Balaban J connectivity index is 2.17. The van der Waals surface area contributed by atoms with E-state index in [0.717, 1.165) is 11.1 Å². The van der Waals surface area contributed by atoms with Crippen LogP contribution in [0.25, 0.3) is 0 Å². The lowest BCUT2D eigenvalue weighted by atomic mass is 9.94. The van der Waals surface area contributed by atoms with Crippen LogP contribution in [0, 0.1) is 11.3 Å². The first-order valence-electron chi connectivity index (χ1n) is 5.23. The molecule has 0 amide bonds. The minimum absolute atomic E-state index is 0.0922. The Bertz CT molecular complexity index is 471. The van der Waals surface area contributed by atoms with Gasteiger partial charge in [-0.15, -0.1) is 0 Å². The molecule has 0 aliphatic carbocycles. The standard InChI is InChI=1S/C14H12N2/c15-10-14(13-6-2-1-3-7-13)9-12-5-4-8-16-11-12/h1-8,11,14H,9H2. The van der Waals surface area contributed by atoms with Gasteiger partial charge in [0, 0.05) is 12.4 Å². The number of pyridine rings is 1. The topological polar surface area (TPSA) is 36.7 Å². The maximum atomic E-state index is 9.17. The second kappa shape index (κ2) is 5.09. The summed E-state index contributed by atoms with van der Waals surface area (Å²) < 4.78 is 0. The molecule has 78 valence electrons. The van der Waals surface area contributed by atoms with Crippen molar-refractivity contribution in [3.05, 3.63) is 66.0 Å². The molecule has 1 atom stereocenters. The number of nitrogens with zero attached hydrogens (tertiary/aromatic N) is 2. The summed E-state index contributed by atoms with van der Waals surface area (Å²) in [6, 6.07) is 16.1. The van der Waals surface area contributed by atoms with Crippen LogP contribution in [0.1, 0.15) is 17.0 Å². The smallest absolute Gasteiger partial charge is 0.0753 e. The van der Waals surface area contributed by atoms with E-state index in [0.29, 0.717) is 6.42 Å². The largest absolute Gasteiger partial charge is 0.264 e. The fourth-order valence-corrected chi connectivity index (χ4v) is 1.68. The molecule has 2 aromatic rings. The zero-order valence-electron chi connectivity index (χ0n) is 8.88. The van der Waals surface area contributed by atoms with Crippen molar-refractivity contribution in [3.8, 4) is 6.07 Å². The summed E-state index contributed by atoms with van der Waals surface area (Å²) in [5.74, 6) is -0.0922. The number of nitriles is 1. The summed E-state index contributed by atoms with van der Waals surface area (Å²) in [5, 5.41) is 9.17. The van der Waals surface area contributed by atoms with Gasteiger partial charge in [0.15, 0.2) is 0 Å². The van der Waals surface area contributed by atoms with Crippen molar-refractivity contribution in [2.24, 2.45) is 0 Å². The van der Waals surface area contributed by atoms with Crippen molar-refractivity contribution >= 4 is 0 Å². The zero-order valence-corrected chi connectivity index (χ0v) is 8.88. The molecule has 1 aromatic carbocycles. The van der Waals surface area contributed by atoms with E-state index in [1.807, 2.05) is 48.7 Å². The molecule has 0 aliphatic rings. The predicted molar refractivity (Wildman–Crippen MR) is 62.7 cm³/mol. The van der Waals surface area contributed by atoms with Crippen LogP contribution < -0.4 is 0 Å². The minimum atomic E-state index is -0.0922. The minimum Gasteiger partial charge on any atom is -0.264 e. The monoisotopic (exact) mass is 208 g/mol. The Hall–Kier alpha value is -2.14. The van der Waals surface area contributed by atoms with Gasteiger partial charge in [-0.25, -0.2) is 0 Å². The molecule has 16 heavy (non-hydrogen) atoms. The van der Waals surface area contributed by atoms with Gasteiger partial charge in [0.2, 0.25) is 0 Å². The highest BCUT2D eigenvalue weighted by atomic mass is 14.6. The van der Waals surface area contributed by atoms with Gasteiger partial charge in [0.05, 0.1) is 12.0 Å². The molecule has 0 fully saturated rings. The Labute approximate surface area is 95.2 Å². The highest BCUT2D eigenvalue weighted by Gasteiger charge is 2.10. The molecule has 0 radical (unpaired) electrons. The third-order valence-corrected chi connectivity index (χ3v) is 2.52.